The summed E-state index contributed by atoms with van der Waals surface area (Å²) in [6.07, 6.45) is 3.68. The van der Waals surface area contributed by atoms with Gasteiger partial charge in [-0.2, -0.15) is 0 Å². The molecule has 0 saturated carbocycles. The predicted molar refractivity (Wildman–Crippen MR) is 72.8 cm³/mol. The number of aliphatic carboxylic acids is 1. The van der Waals surface area contributed by atoms with Crippen molar-refractivity contribution >= 4 is 12.0 Å². The van der Waals surface area contributed by atoms with E-state index in [0.29, 0.717) is 12.5 Å². The summed E-state index contributed by atoms with van der Waals surface area (Å²) >= 11 is 0. The molecule has 0 radical (unpaired) electrons. The fraction of sp³-hybridized carbons (Fsp3) is 0.400. The van der Waals surface area contributed by atoms with Crippen molar-refractivity contribution in [1.29, 1.82) is 0 Å². The fourth-order valence-corrected chi connectivity index (χ4v) is 1.56. The zero-order valence-corrected chi connectivity index (χ0v) is 11.1. The number of benzene rings is 1. The van der Waals surface area contributed by atoms with Crippen LogP contribution >= 0.6 is 0 Å². The molecule has 0 amide bonds. The van der Waals surface area contributed by atoms with Crippen molar-refractivity contribution in [2.45, 2.75) is 27.2 Å². The quantitative estimate of drug-likeness (QED) is 0.783. The Morgan fingerprint density at radius 3 is 2.78 bits per heavy atom. The van der Waals surface area contributed by atoms with Gasteiger partial charge in [-0.15, -0.1) is 0 Å². The zero-order valence-electron chi connectivity index (χ0n) is 11.1. The van der Waals surface area contributed by atoms with Crippen molar-refractivity contribution in [3.8, 4) is 5.75 Å². The summed E-state index contributed by atoms with van der Waals surface area (Å²) in [6, 6.07) is 5.71. The highest BCUT2D eigenvalue weighted by Gasteiger charge is 2.05. The van der Waals surface area contributed by atoms with Crippen LogP contribution < -0.4 is 4.74 Å². The van der Waals surface area contributed by atoms with Gasteiger partial charge in [-0.25, -0.2) is 4.79 Å². The number of aryl methyl sites for hydroxylation is 1. The maximum atomic E-state index is 10.5. The van der Waals surface area contributed by atoms with Gasteiger partial charge < -0.3 is 9.84 Å². The van der Waals surface area contributed by atoms with Gasteiger partial charge in [0, 0.05) is 11.6 Å². The van der Waals surface area contributed by atoms with Gasteiger partial charge in [0.1, 0.15) is 5.75 Å². The highest BCUT2D eigenvalue weighted by molar-refractivity contribution is 5.86. The Morgan fingerprint density at radius 1 is 1.44 bits per heavy atom. The number of para-hydroxylation sites is 1. The van der Waals surface area contributed by atoms with Gasteiger partial charge in [-0.3, -0.25) is 0 Å². The minimum Gasteiger partial charge on any atom is -0.493 e. The number of hydrogen-bond donors (Lipinski definition) is 1. The Balaban J connectivity index is 2.83. The highest BCUT2D eigenvalue weighted by Crippen LogP contribution is 2.25. The van der Waals surface area contributed by atoms with Crippen molar-refractivity contribution in [3.63, 3.8) is 0 Å². The first-order valence-corrected chi connectivity index (χ1v) is 6.14. The molecule has 0 spiro atoms. The lowest BCUT2D eigenvalue weighted by molar-refractivity contribution is -0.131. The van der Waals surface area contributed by atoms with Gasteiger partial charge >= 0.3 is 5.97 Å². The number of ether oxygens (including phenoxy) is 1. The summed E-state index contributed by atoms with van der Waals surface area (Å²) < 4.78 is 5.77. The molecule has 3 nitrogen and oxygen atoms in total. The molecule has 0 atom stereocenters. The third-order valence-corrected chi connectivity index (χ3v) is 2.59. The number of rotatable bonds is 6. The third-order valence-electron chi connectivity index (χ3n) is 2.59. The van der Waals surface area contributed by atoms with E-state index in [4.69, 9.17) is 9.84 Å². The zero-order chi connectivity index (χ0) is 13.5. The van der Waals surface area contributed by atoms with Crippen LogP contribution in [-0.2, 0) is 4.79 Å². The summed E-state index contributed by atoms with van der Waals surface area (Å²) in [6.45, 7) is 6.90. The molecule has 1 N–H and O–H groups in total. The number of carbonyl (C=O) groups is 1. The third kappa shape index (κ3) is 4.62. The lowest BCUT2D eigenvalue weighted by Gasteiger charge is -2.13. The Hall–Kier alpha value is -1.77. The van der Waals surface area contributed by atoms with Gasteiger partial charge in [0.15, 0.2) is 0 Å². The molecule has 0 saturated heterocycles. The molecule has 0 aliphatic rings. The molecule has 0 unspecified atom stereocenters. The molecule has 1 rings (SSSR count). The Labute approximate surface area is 108 Å². The molecule has 0 aromatic heterocycles. The van der Waals surface area contributed by atoms with Crippen LogP contribution in [0.3, 0.4) is 0 Å². The summed E-state index contributed by atoms with van der Waals surface area (Å²) in [5, 5.41) is 8.66. The van der Waals surface area contributed by atoms with Crippen LogP contribution in [0.4, 0.5) is 0 Å². The van der Waals surface area contributed by atoms with E-state index >= 15 is 0 Å². The minimum absolute atomic E-state index is 0.590. The monoisotopic (exact) mass is 248 g/mol. The van der Waals surface area contributed by atoms with E-state index in [1.54, 1.807) is 6.08 Å². The fourth-order valence-electron chi connectivity index (χ4n) is 1.56. The van der Waals surface area contributed by atoms with Crippen molar-refractivity contribution in [1.82, 2.24) is 0 Å². The summed E-state index contributed by atoms with van der Waals surface area (Å²) in [5.41, 5.74) is 1.83. The number of carboxylic acids is 1. The molecule has 0 heterocycles. The average molecular weight is 248 g/mol. The molecule has 0 fully saturated rings. The van der Waals surface area contributed by atoms with E-state index in [1.807, 2.05) is 25.1 Å². The lowest BCUT2D eigenvalue weighted by atomic mass is 10.1. The topological polar surface area (TPSA) is 46.5 Å². The van der Waals surface area contributed by atoms with Crippen LogP contribution in [0.5, 0.6) is 5.75 Å². The van der Waals surface area contributed by atoms with E-state index in [1.165, 1.54) is 0 Å². The predicted octanol–water partition coefficient (Wildman–Crippen LogP) is 3.52. The first kappa shape index (κ1) is 14.3. The second-order valence-corrected chi connectivity index (χ2v) is 4.70. The standard InChI is InChI=1S/C15H20O3/c1-11(2)9-10-18-15-12(3)5-4-6-13(15)7-8-14(16)17/h4-8,11H,9-10H2,1-3H3,(H,16,17)/b8-7+. The van der Waals surface area contributed by atoms with Crippen molar-refractivity contribution in [3.05, 3.63) is 35.4 Å². The van der Waals surface area contributed by atoms with Gasteiger partial charge in [-0.05, 0) is 30.9 Å². The molecule has 1 aromatic rings. The largest absolute Gasteiger partial charge is 0.493 e. The Bertz CT molecular complexity index is 433. The summed E-state index contributed by atoms with van der Waals surface area (Å²) in [4.78, 5) is 10.5. The van der Waals surface area contributed by atoms with Crippen LogP contribution in [0.1, 0.15) is 31.4 Å². The van der Waals surface area contributed by atoms with E-state index in [9.17, 15) is 4.79 Å². The van der Waals surface area contributed by atoms with Crippen LogP contribution in [0, 0.1) is 12.8 Å². The molecule has 1 aromatic carbocycles. The van der Waals surface area contributed by atoms with E-state index in [2.05, 4.69) is 13.8 Å². The van der Waals surface area contributed by atoms with E-state index in [-0.39, 0.29) is 0 Å². The van der Waals surface area contributed by atoms with Crippen LogP contribution in [0.15, 0.2) is 24.3 Å². The van der Waals surface area contributed by atoms with Crippen molar-refractivity contribution in [2.24, 2.45) is 5.92 Å². The molecule has 0 aliphatic heterocycles. The normalized spacial score (nSPS) is 11.1. The van der Waals surface area contributed by atoms with Gasteiger partial charge in [0.2, 0.25) is 0 Å². The molecule has 98 valence electrons. The molecule has 0 bridgehead atoms. The molecular formula is C15H20O3. The van der Waals surface area contributed by atoms with E-state index < -0.39 is 5.97 Å². The molecular weight excluding hydrogens is 228 g/mol. The smallest absolute Gasteiger partial charge is 0.328 e. The maximum Gasteiger partial charge on any atom is 0.328 e. The first-order chi connectivity index (χ1) is 8.50. The van der Waals surface area contributed by atoms with Crippen LogP contribution in [0.2, 0.25) is 0 Å². The maximum absolute atomic E-state index is 10.5. The highest BCUT2D eigenvalue weighted by atomic mass is 16.5. The van der Waals surface area contributed by atoms with E-state index in [0.717, 1.165) is 29.4 Å². The second kappa shape index (κ2) is 6.84. The SMILES string of the molecule is Cc1cccc(/C=C/C(=O)O)c1OCCC(C)C. The second-order valence-electron chi connectivity index (χ2n) is 4.70. The Morgan fingerprint density at radius 2 is 2.17 bits per heavy atom. The molecule has 3 heteroatoms. The van der Waals surface area contributed by atoms with Crippen molar-refractivity contribution in [2.75, 3.05) is 6.61 Å². The number of carboxylic acid groups (broad SMARTS) is 1. The Kier molecular flexibility index (Phi) is 5.43. The number of hydrogen-bond acceptors (Lipinski definition) is 2. The lowest BCUT2D eigenvalue weighted by Crippen LogP contribution is -2.03. The van der Waals surface area contributed by atoms with Crippen LogP contribution in [-0.4, -0.2) is 17.7 Å². The average Bonchev–Trinajstić information content (AvgIpc) is 2.28. The van der Waals surface area contributed by atoms with Gasteiger partial charge in [0.25, 0.3) is 0 Å². The summed E-state index contributed by atoms with van der Waals surface area (Å²) in [5.74, 6) is 0.410. The van der Waals surface area contributed by atoms with Crippen molar-refractivity contribution < 1.29 is 14.6 Å². The van der Waals surface area contributed by atoms with Gasteiger partial charge in [0.05, 0.1) is 6.61 Å². The summed E-state index contributed by atoms with van der Waals surface area (Å²) in [7, 11) is 0. The first-order valence-electron chi connectivity index (χ1n) is 6.14. The van der Waals surface area contributed by atoms with Crippen LogP contribution in [0.25, 0.3) is 6.08 Å². The molecule has 0 aliphatic carbocycles. The molecule has 18 heavy (non-hydrogen) atoms. The van der Waals surface area contributed by atoms with Gasteiger partial charge in [-0.1, -0.05) is 32.0 Å². The minimum atomic E-state index is -0.954.